The van der Waals surface area contributed by atoms with Crippen molar-refractivity contribution in [1.29, 1.82) is 0 Å². The third kappa shape index (κ3) is 3.32. The Balaban J connectivity index is 2.04. The van der Waals surface area contributed by atoms with Gasteiger partial charge >= 0.3 is 0 Å². The van der Waals surface area contributed by atoms with Gasteiger partial charge in [0, 0.05) is 19.6 Å². The maximum absolute atomic E-state index is 12.2. The molecule has 1 aliphatic heterocycles. The van der Waals surface area contributed by atoms with Crippen LogP contribution in [0.2, 0.25) is 0 Å². The zero-order chi connectivity index (χ0) is 13.8. The summed E-state index contributed by atoms with van der Waals surface area (Å²) in [5.74, 6) is 1.56. The normalized spacial score (nSPS) is 20.3. The van der Waals surface area contributed by atoms with Gasteiger partial charge in [-0.15, -0.1) is 0 Å². The van der Waals surface area contributed by atoms with Gasteiger partial charge in [0.25, 0.3) is 0 Å². The molecule has 1 aliphatic rings. The molecule has 0 bridgehead atoms. The van der Waals surface area contributed by atoms with Crippen molar-refractivity contribution < 1.29 is 4.79 Å². The highest BCUT2D eigenvalue weighted by Gasteiger charge is 2.27. The van der Waals surface area contributed by atoms with Gasteiger partial charge in [0.05, 0.1) is 12.6 Å². The molecule has 1 aromatic rings. The monoisotopic (exact) mass is 265 g/mol. The van der Waals surface area contributed by atoms with Gasteiger partial charge < -0.3 is 10.2 Å². The number of rotatable bonds is 5. The Bertz CT molecular complexity index is 428. The van der Waals surface area contributed by atoms with Gasteiger partial charge in [0.15, 0.2) is 0 Å². The molecule has 106 valence electrons. The van der Waals surface area contributed by atoms with Crippen LogP contribution >= 0.6 is 0 Å². The van der Waals surface area contributed by atoms with Crippen LogP contribution in [0.4, 0.5) is 0 Å². The predicted molar refractivity (Wildman–Crippen MR) is 72.4 cm³/mol. The fourth-order valence-corrected chi connectivity index (χ4v) is 2.35. The third-order valence-corrected chi connectivity index (χ3v) is 3.36. The maximum atomic E-state index is 12.2. The molecule has 6 heteroatoms. The van der Waals surface area contributed by atoms with Gasteiger partial charge in [-0.2, -0.15) is 5.10 Å². The highest BCUT2D eigenvalue weighted by Crippen LogP contribution is 2.10. The number of carbonyl (C=O) groups excluding carboxylic acids is 1. The number of amides is 1. The molecule has 2 heterocycles. The topological polar surface area (TPSA) is 63.0 Å². The van der Waals surface area contributed by atoms with E-state index in [1.165, 1.54) is 0 Å². The van der Waals surface area contributed by atoms with Crippen LogP contribution in [-0.4, -0.2) is 44.7 Å². The molecule has 1 unspecified atom stereocenters. The van der Waals surface area contributed by atoms with Crippen molar-refractivity contribution >= 4 is 5.91 Å². The lowest BCUT2D eigenvalue weighted by atomic mass is 10.1. The summed E-state index contributed by atoms with van der Waals surface area (Å²) in [4.78, 5) is 18.4. The smallest absolute Gasteiger partial charge is 0.240 e. The van der Waals surface area contributed by atoms with Crippen LogP contribution < -0.4 is 5.32 Å². The number of hydrogen-bond acceptors (Lipinski definition) is 4. The summed E-state index contributed by atoms with van der Waals surface area (Å²) >= 11 is 0. The van der Waals surface area contributed by atoms with E-state index in [0.717, 1.165) is 31.9 Å². The quantitative estimate of drug-likeness (QED) is 0.849. The summed E-state index contributed by atoms with van der Waals surface area (Å²) in [5, 5.41) is 7.48. The molecule has 2 rings (SSSR count). The highest BCUT2D eigenvalue weighted by molar-refractivity contribution is 5.82. The Morgan fingerprint density at radius 1 is 1.53 bits per heavy atom. The standard InChI is InChI=1S/C13H23N5O/c1-4-11-13(19)17(6-5-14-11)8-12-15-9-16-18(12)7-10(2)3/h9-11,14H,4-8H2,1-3H3. The van der Waals surface area contributed by atoms with Crippen molar-refractivity contribution in [3.63, 3.8) is 0 Å². The van der Waals surface area contributed by atoms with Gasteiger partial charge in [0.1, 0.15) is 12.2 Å². The van der Waals surface area contributed by atoms with Crippen molar-refractivity contribution in [3.05, 3.63) is 12.2 Å². The second-order valence-corrected chi connectivity index (χ2v) is 5.43. The Morgan fingerprint density at radius 2 is 2.32 bits per heavy atom. The summed E-state index contributed by atoms with van der Waals surface area (Å²) in [5.41, 5.74) is 0. The second kappa shape index (κ2) is 6.14. The van der Waals surface area contributed by atoms with Crippen LogP contribution in [0.3, 0.4) is 0 Å². The second-order valence-electron chi connectivity index (χ2n) is 5.43. The van der Waals surface area contributed by atoms with Crippen molar-refractivity contribution in [2.24, 2.45) is 5.92 Å². The Morgan fingerprint density at radius 3 is 3.00 bits per heavy atom. The minimum atomic E-state index is -0.0461. The number of carbonyl (C=O) groups is 1. The SMILES string of the molecule is CCC1NCCN(Cc2ncnn2CC(C)C)C1=O. The van der Waals surface area contributed by atoms with E-state index in [-0.39, 0.29) is 11.9 Å². The fourth-order valence-electron chi connectivity index (χ4n) is 2.35. The van der Waals surface area contributed by atoms with Gasteiger partial charge in [-0.25, -0.2) is 9.67 Å². The number of nitrogens with one attached hydrogen (secondary N) is 1. The average molecular weight is 265 g/mol. The third-order valence-electron chi connectivity index (χ3n) is 3.36. The molecular weight excluding hydrogens is 242 g/mol. The molecule has 0 spiro atoms. The molecule has 0 aliphatic carbocycles. The summed E-state index contributed by atoms with van der Waals surface area (Å²) < 4.78 is 1.90. The summed E-state index contributed by atoms with van der Waals surface area (Å²) in [6, 6.07) is -0.0461. The van der Waals surface area contributed by atoms with Crippen molar-refractivity contribution in [2.75, 3.05) is 13.1 Å². The predicted octanol–water partition coefficient (Wildman–Crippen LogP) is 0.644. The van der Waals surface area contributed by atoms with Crippen LogP contribution in [0, 0.1) is 5.92 Å². The summed E-state index contributed by atoms with van der Waals surface area (Å²) in [6.45, 7) is 9.31. The van der Waals surface area contributed by atoms with Crippen LogP contribution in [0.5, 0.6) is 0 Å². The molecule has 1 aromatic heterocycles. The lowest BCUT2D eigenvalue weighted by Gasteiger charge is -2.32. The lowest BCUT2D eigenvalue weighted by molar-refractivity contribution is -0.136. The first-order chi connectivity index (χ1) is 9.11. The number of aromatic nitrogens is 3. The van der Waals surface area contributed by atoms with E-state index in [4.69, 9.17) is 0 Å². The Kier molecular flexibility index (Phi) is 4.52. The summed E-state index contributed by atoms with van der Waals surface area (Å²) in [6.07, 6.45) is 2.40. The highest BCUT2D eigenvalue weighted by atomic mass is 16.2. The number of nitrogens with zero attached hydrogens (tertiary/aromatic N) is 4. The molecular formula is C13H23N5O. The van der Waals surface area contributed by atoms with Crippen LogP contribution in [-0.2, 0) is 17.9 Å². The Hall–Kier alpha value is -1.43. The maximum Gasteiger partial charge on any atom is 0.240 e. The largest absolute Gasteiger partial charge is 0.333 e. The molecule has 1 atom stereocenters. The molecule has 6 nitrogen and oxygen atoms in total. The van der Waals surface area contributed by atoms with E-state index in [1.54, 1.807) is 6.33 Å². The molecule has 1 saturated heterocycles. The molecule has 19 heavy (non-hydrogen) atoms. The molecule has 1 amide bonds. The number of hydrogen-bond donors (Lipinski definition) is 1. The minimum Gasteiger partial charge on any atom is -0.333 e. The van der Waals surface area contributed by atoms with Crippen LogP contribution in [0.15, 0.2) is 6.33 Å². The van der Waals surface area contributed by atoms with Crippen LogP contribution in [0.1, 0.15) is 33.0 Å². The van der Waals surface area contributed by atoms with Crippen molar-refractivity contribution in [3.8, 4) is 0 Å². The molecule has 1 N–H and O–H groups in total. The van der Waals surface area contributed by atoms with Gasteiger partial charge in [-0.3, -0.25) is 4.79 Å². The molecule has 0 saturated carbocycles. The molecule has 0 radical (unpaired) electrons. The van der Waals surface area contributed by atoms with Gasteiger partial charge in [-0.05, 0) is 12.3 Å². The van der Waals surface area contributed by atoms with Crippen molar-refractivity contribution in [2.45, 2.75) is 46.3 Å². The van der Waals surface area contributed by atoms with E-state index < -0.39 is 0 Å². The lowest BCUT2D eigenvalue weighted by Crippen LogP contribution is -2.54. The first-order valence-corrected chi connectivity index (χ1v) is 7.00. The zero-order valence-electron chi connectivity index (χ0n) is 12.0. The minimum absolute atomic E-state index is 0.0461. The first kappa shape index (κ1) is 14.0. The van der Waals surface area contributed by atoms with Crippen LogP contribution in [0.25, 0.3) is 0 Å². The summed E-state index contributed by atoms with van der Waals surface area (Å²) in [7, 11) is 0. The molecule has 0 aromatic carbocycles. The van der Waals surface area contributed by atoms with Gasteiger partial charge in [0.2, 0.25) is 5.91 Å². The number of piperazine rings is 1. The Labute approximate surface area is 114 Å². The average Bonchev–Trinajstić information content (AvgIpc) is 2.78. The fraction of sp³-hybridized carbons (Fsp3) is 0.769. The van der Waals surface area contributed by atoms with E-state index >= 15 is 0 Å². The van der Waals surface area contributed by atoms with Gasteiger partial charge in [-0.1, -0.05) is 20.8 Å². The molecule has 1 fully saturated rings. The zero-order valence-corrected chi connectivity index (χ0v) is 12.0. The van der Waals surface area contributed by atoms with E-state index in [2.05, 4.69) is 29.2 Å². The van der Waals surface area contributed by atoms with E-state index in [1.807, 2.05) is 16.5 Å². The first-order valence-electron chi connectivity index (χ1n) is 7.00. The van der Waals surface area contributed by atoms with E-state index in [9.17, 15) is 4.79 Å². The van der Waals surface area contributed by atoms with E-state index in [0.29, 0.717) is 12.5 Å². The van der Waals surface area contributed by atoms with Crippen molar-refractivity contribution in [1.82, 2.24) is 25.0 Å².